The smallest absolute Gasteiger partial charge is 0.234 e. The second kappa shape index (κ2) is 18.6. The largest absolute Gasteiger partial charge is 0.371 e. The van der Waals surface area contributed by atoms with E-state index < -0.39 is 39.4 Å². The summed E-state index contributed by atoms with van der Waals surface area (Å²) in [5.41, 5.74) is 4.04. The molecule has 0 aliphatic carbocycles. The number of nitrogens with one attached hydrogen (secondary N) is 4. The highest BCUT2D eigenvalue weighted by Crippen LogP contribution is 2.40. The highest BCUT2D eigenvalue weighted by atomic mass is 32.2. The number of piperidine rings is 3. The normalized spacial score (nSPS) is 20.4. The molecule has 4 fully saturated rings. The van der Waals surface area contributed by atoms with Crippen molar-refractivity contribution < 1.29 is 31.2 Å². The Hall–Kier alpha value is -5.92. The van der Waals surface area contributed by atoms with Gasteiger partial charge < -0.3 is 30.3 Å². The van der Waals surface area contributed by atoms with E-state index in [1.165, 1.54) is 28.8 Å². The third-order valence-corrected chi connectivity index (χ3v) is 15.6. The van der Waals surface area contributed by atoms with Gasteiger partial charge in [-0.3, -0.25) is 24.1 Å². The van der Waals surface area contributed by atoms with E-state index in [-0.39, 0.29) is 30.2 Å². The molecule has 67 heavy (non-hydrogen) atoms. The van der Waals surface area contributed by atoms with Crippen molar-refractivity contribution in [2.24, 2.45) is 5.92 Å². The molecule has 7 heterocycles. The summed E-state index contributed by atoms with van der Waals surface area (Å²) in [7, 11) is -3.48. The number of nitrogens with zero attached hydrogens (tertiary/aromatic N) is 7. The zero-order chi connectivity index (χ0) is 46.4. The van der Waals surface area contributed by atoms with E-state index in [1.54, 1.807) is 6.20 Å². The zero-order valence-corrected chi connectivity index (χ0v) is 38.4. The van der Waals surface area contributed by atoms with Gasteiger partial charge in [-0.25, -0.2) is 21.6 Å². The van der Waals surface area contributed by atoms with Gasteiger partial charge in [0.05, 0.1) is 34.6 Å². The molecule has 1 unspecified atom stereocenters. The molecular formula is C48H56F3N11O4S. The topological polar surface area (TPSA) is 162 Å². The molecule has 3 aromatic carbocycles. The fourth-order valence-electron chi connectivity index (χ4n) is 10.8. The minimum atomic E-state index is -3.48. The van der Waals surface area contributed by atoms with E-state index in [4.69, 9.17) is 4.98 Å². The van der Waals surface area contributed by atoms with E-state index in [0.29, 0.717) is 77.9 Å². The van der Waals surface area contributed by atoms with Crippen molar-refractivity contribution in [3.8, 4) is 0 Å². The molecule has 4 saturated heterocycles. The Bertz CT molecular complexity index is 2760. The van der Waals surface area contributed by atoms with Crippen LogP contribution in [-0.2, 0) is 26.0 Å². The zero-order valence-electron chi connectivity index (χ0n) is 37.5. The average Bonchev–Trinajstić information content (AvgIpc) is 3.98. The molecule has 15 nitrogen and oxygen atoms in total. The van der Waals surface area contributed by atoms with Gasteiger partial charge in [0.2, 0.25) is 27.8 Å². The van der Waals surface area contributed by atoms with Crippen molar-refractivity contribution in [1.29, 1.82) is 0 Å². The van der Waals surface area contributed by atoms with Crippen molar-refractivity contribution in [1.82, 2.24) is 30.1 Å². The maximum absolute atomic E-state index is 15.8. The Morgan fingerprint density at radius 3 is 2.24 bits per heavy atom. The Morgan fingerprint density at radius 2 is 1.52 bits per heavy atom. The standard InChI is InChI=1S/C48H56F3N11O4S/c1-67(65,66)62-22-13-31-3-2-4-40(44(31)62)54-46-36-9-16-52-45(36)56-48(57-46)53-32-5-7-41(37(49)27-32)61-20-14-33(15-21-61)60-25-23-58(24-26-60)17-10-30-11-18-59(19-12-30)34-28-38(50)43(39(51)29-34)35-6-8-42(63)55-47(35)64/h2-5,7,9,16,27-30,33,35H,6,8,10-15,17-26H2,1H3,(H,55,63,64)(H3,52,53,54,56,57). The first-order chi connectivity index (χ1) is 32.3. The quantitative estimate of drug-likeness (QED) is 0.0995. The molecular weight excluding hydrogens is 884 g/mol. The molecule has 354 valence electrons. The monoisotopic (exact) mass is 939 g/mol. The molecule has 5 aliphatic rings. The summed E-state index contributed by atoms with van der Waals surface area (Å²) < 4.78 is 72.8. The van der Waals surface area contributed by atoms with Crippen LogP contribution in [0.3, 0.4) is 0 Å². The predicted octanol–water partition coefficient (Wildman–Crippen LogP) is 6.60. The molecule has 4 N–H and O–H groups in total. The summed E-state index contributed by atoms with van der Waals surface area (Å²) in [6, 6.07) is 15.7. The third-order valence-electron chi connectivity index (χ3n) is 14.4. The number of aromatic amines is 1. The van der Waals surface area contributed by atoms with Crippen LogP contribution in [0.2, 0.25) is 0 Å². The summed E-state index contributed by atoms with van der Waals surface area (Å²) in [6.45, 7) is 8.38. The number of aromatic nitrogens is 3. The molecule has 0 spiro atoms. The molecule has 10 rings (SSSR count). The molecule has 0 bridgehead atoms. The number of carbonyl (C=O) groups excluding carboxylic acids is 2. The number of rotatable bonds is 12. The molecule has 2 aromatic heterocycles. The van der Waals surface area contributed by atoms with E-state index in [9.17, 15) is 18.0 Å². The maximum Gasteiger partial charge on any atom is 0.234 e. The molecule has 0 saturated carbocycles. The van der Waals surface area contributed by atoms with Gasteiger partial charge in [0.15, 0.2) is 0 Å². The Balaban J connectivity index is 0.678. The number of piperazine rings is 1. The van der Waals surface area contributed by atoms with E-state index >= 15 is 13.2 Å². The van der Waals surface area contributed by atoms with E-state index in [0.717, 1.165) is 88.9 Å². The first kappa shape index (κ1) is 44.9. The molecule has 5 aliphatic heterocycles. The first-order valence-corrected chi connectivity index (χ1v) is 25.3. The molecule has 5 aromatic rings. The molecule has 19 heteroatoms. The van der Waals surface area contributed by atoms with Gasteiger partial charge in [0.25, 0.3) is 0 Å². The predicted molar refractivity (Wildman–Crippen MR) is 253 cm³/mol. The molecule has 1 atom stereocenters. The number of anilines is 7. The average molecular weight is 940 g/mol. The van der Waals surface area contributed by atoms with Crippen LogP contribution in [-0.4, -0.2) is 123 Å². The lowest BCUT2D eigenvalue weighted by atomic mass is 9.89. The van der Waals surface area contributed by atoms with Crippen molar-refractivity contribution in [3.05, 3.63) is 89.4 Å². The number of amides is 2. The lowest BCUT2D eigenvalue weighted by molar-refractivity contribution is -0.134. The molecule has 0 radical (unpaired) electrons. The maximum atomic E-state index is 15.8. The number of halogens is 3. The van der Waals surface area contributed by atoms with Crippen molar-refractivity contribution in [2.75, 3.05) is 96.4 Å². The summed E-state index contributed by atoms with van der Waals surface area (Å²) in [5, 5.41) is 9.44. The number of para-hydroxylation sites is 1. The Morgan fingerprint density at radius 1 is 0.776 bits per heavy atom. The van der Waals surface area contributed by atoms with E-state index in [1.807, 2.05) is 41.3 Å². The number of carbonyl (C=O) groups is 2. The number of imide groups is 1. The third kappa shape index (κ3) is 9.50. The van der Waals surface area contributed by atoms with Gasteiger partial charge in [0, 0.05) is 94.5 Å². The summed E-state index contributed by atoms with van der Waals surface area (Å²) in [5.74, 6) is -2.61. The highest BCUT2D eigenvalue weighted by molar-refractivity contribution is 7.92. The van der Waals surface area contributed by atoms with Crippen LogP contribution >= 0.6 is 0 Å². The van der Waals surface area contributed by atoms with Crippen LogP contribution in [0.15, 0.2) is 60.8 Å². The van der Waals surface area contributed by atoms with Crippen LogP contribution in [0, 0.1) is 23.4 Å². The van der Waals surface area contributed by atoms with Gasteiger partial charge in [-0.05, 0) is 105 Å². The SMILES string of the molecule is CS(=O)(=O)N1CCc2cccc(Nc3nc(Nc4ccc(N5CCC(N6CCN(CCC7CCN(c8cc(F)c(C9CCC(=O)NC9=O)c(F)c8)CC7)CC6)CC5)c(F)c4)nc4[nH]ccc34)c21. The van der Waals surface area contributed by atoms with Crippen LogP contribution < -0.4 is 30.1 Å². The van der Waals surface area contributed by atoms with E-state index in [2.05, 4.69) is 40.6 Å². The van der Waals surface area contributed by atoms with Crippen LogP contribution in [0.4, 0.5) is 53.4 Å². The van der Waals surface area contributed by atoms with Gasteiger partial charge in [-0.15, -0.1) is 0 Å². The fraction of sp³-hybridized carbons (Fsp3) is 0.458. The lowest BCUT2D eigenvalue weighted by Gasteiger charge is -2.43. The Labute approximate surface area is 388 Å². The van der Waals surface area contributed by atoms with Gasteiger partial charge in [-0.1, -0.05) is 12.1 Å². The number of benzene rings is 3. The van der Waals surface area contributed by atoms with Gasteiger partial charge >= 0.3 is 0 Å². The fourth-order valence-corrected chi connectivity index (χ4v) is 11.7. The van der Waals surface area contributed by atoms with Crippen LogP contribution in [0.5, 0.6) is 0 Å². The second-order valence-corrected chi connectivity index (χ2v) is 20.5. The minimum absolute atomic E-state index is 0.0614. The second-order valence-electron chi connectivity index (χ2n) is 18.6. The number of sulfonamides is 1. The lowest BCUT2D eigenvalue weighted by Crippen LogP contribution is -2.53. The highest BCUT2D eigenvalue weighted by Gasteiger charge is 2.34. The van der Waals surface area contributed by atoms with Gasteiger partial charge in [0.1, 0.15) is 28.9 Å². The minimum Gasteiger partial charge on any atom is -0.371 e. The number of fused-ring (bicyclic) bond motifs is 2. The summed E-state index contributed by atoms with van der Waals surface area (Å²) in [4.78, 5) is 45.6. The first-order valence-electron chi connectivity index (χ1n) is 23.4. The number of hydrogen-bond acceptors (Lipinski definition) is 12. The van der Waals surface area contributed by atoms with Crippen molar-refractivity contribution >= 4 is 73.1 Å². The number of hydrogen-bond donors (Lipinski definition) is 4. The molecule has 2 amide bonds. The Kier molecular flexibility index (Phi) is 12.5. The van der Waals surface area contributed by atoms with Gasteiger partial charge in [-0.2, -0.15) is 9.97 Å². The van der Waals surface area contributed by atoms with Crippen molar-refractivity contribution in [2.45, 2.75) is 63.3 Å². The van der Waals surface area contributed by atoms with Crippen LogP contribution in [0.1, 0.15) is 62.0 Å². The summed E-state index contributed by atoms with van der Waals surface area (Å²) in [6.07, 6.45) is 8.63. The summed E-state index contributed by atoms with van der Waals surface area (Å²) >= 11 is 0. The number of H-pyrrole nitrogens is 1. The van der Waals surface area contributed by atoms with Crippen LogP contribution in [0.25, 0.3) is 11.0 Å². The van der Waals surface area contributed by atoms with Crippen molar-refractivity contribution in [3.63, 3.8) is 0 Å².